The predicted molar refractivity (Wildman–Crippen MR) is 125 cm³/mol. The van der Waals surface area contributed by atoms with Crippen LogP contribution in [0.2, 0.25) is 0 Å². The van der Waals surface area contributed by atoms with E-state index in [9.17, 15) is 13.2 Å². The molecule has 1 N–H and O–H groups in total. The van der Waals surface area contributed by atoms with Crippen LogP contribution in [0.3, 0.4) is 0 Å². The van der Waals surface area contributed by atoms with Crippen LogP contribution in [-0.4, -0.2) is 41.9 Å². The summed E-state index contributed by atoms with van der Waals surface area (Å²) in [4.78, 5) is 16.9. The Balaban J connectivity index is 1.37. The SMILES string of the molecule is Cc1cccc(NC(=O)CCc2nc(-c3ccc(S(=O)(=O)N4CCCCC4)cc3)no2)c1C. The first-order valence-corrected chi connectivity index (χ1v) is 12.6. The lowest BCUT2D eigenvalue weighted by Crippen LogP contribution is -2.35. The number of rotatable bonds is 7. The third-order valence-corrected chi connectivity index (χ3v) is 7.89. The van der Waals surface area contributed by atoms with E-state index in [1.165, 1.54) is 0 Å². The van der Waals surface area contributed by atoms with Crippen molar-refractivity contribution in [1.29, 1.82) is 0 Å². The summed E-state index contributed by atoms with van der Waals surface area (Å²) in [7, 11) is -3.48. The first-order chi connectivity index (χ1) is 15.8. The zero-order valence-corrected chi connectivity index (χ0v) is 19.7. The van der Waals surface area contributed by atoms with Crippen molar-refractivity contribution < 1.29 is 17.7 Å². The number of amides is 1. The van der Waals surface area contributed by atoms with Crippen molar-refractivity contribution in [3.63, 3.8) is 0 Å². The second-order valence-corrected chi connectivity index (χ2v) is 10.2. The Morgan fingerprint density at radius 1 is 1.06 bits per heavy atom. The molecule has 0 saturated carbocycles. The molecule has 4 rings (SSSR count). The van der Waals surface area contributed by atoms with E-state index < -0.39 is 10.0 Å². The normalized spacial score (nSPS) is 14.8. The average Bonchev–Trinajstić information content (AvgIpc) is 3.30. The highest BCUT2D eigenvalue weighted by atomic mass is 32.2. The number of aryl methyl sites for hydroxylation is 2. The molecule has 33 heavy (non-hydrogen) atoms. The molecule has 0 radical (unpaired) electrons. The van der Waals surface area contributed by atoms with Crippen LogP contribution < -0.4 is 5.32 Å². The lowest BCUT2D eigenvalue weighted by molar-refractivity contribution is -0.116. The molecule has 0 aliphatic carbocycles. The number of nitrogens with one attached hydrogen (secondary N) is 1. The van der Waals surface area contributed by atoms with E-state index >= 15 is 0 Å². The number of sulfonamides is 1. The third-order valence-electron chi connectivity index (χ3n) is 5.98. The fourth-order valence-electron chi connectivity index (χ4n) is 3.82. The Bertz CT molecular complexity index is 1230. The second kappa shape index (κ2) is 9.84. The molecule has 2 aromatic carbocycles. The molecule has 1 fully saturated rings. The van der Waals surface area contributed by atoms with Crippen molar-refractivity contribution in [2.24, 2.45) is 0 Å². The van der Waals surface area contributed by atoms with Crippen LogP contribution in [0.25, 0.3) is 11.4 Å². The number of anilines is 1. The van der Waals surface area contributed by atoms with Crippen LogP contribution in [0.15, 0.2) is 51.9 Å². The maximum atomic E-state index is 12.8. The summed E-state index contributed by atoms with van der Waals surface area (Å²) in [6.45, 7) is 5.10. The molecule has 0 unspecified atom stereocenters. The van der Waals surface area contributed by atoms with Crippen LogP contribution in [0, 0.1) is 13.8 Å². The smallest absolute Gasteiger partial charge is 0.243 e. The number of aromatic nitrogens is 2. The molecule has 1 saturated heterocycles. The van der Waals surface area contributed by atoms with Crippen LogP contribution in [0.1, 0.15) is 42.7 Å². The molecular weight excluding hydrogens is 440 g/mol. The number of hydrogen-bond donors (Lipinski definition) is 1. The van der Waals surface area contributed by atoms with Gasteiger partial charge >= 0.3 is 0 Å². The maximum absolute atomic E-state index is 12.8. The number of benzene rings is 2. The number of carbonyl (C=O) groups is 1. The fraction of sp³-hybridized carbons (Fsp3) is 0.375. The molecule has 3 aromatic rings. The molecule has 1 aliphatic heterocycles. The molecular formula is C24H28N4O4S. The zero-order chi connectivity index (χ0) is 23.4. The van der Waals surface area contributed by atoms with Crippen molar-refractivity contribution in [3.05, 3.63) is 59.5 Å². The number of piperidine rings is 1. The van der Waals surface area contributed by atoms with Gasteiger partial charge in [0.1, 0.15) is 0 Å². The van der Waals surface area contributed by atoms with Gasteiger partial charge in [-0.2, -0.15) is 9.29 Å². The van der Waals surface area contributed by atoms with E-state index in [0.717, 1.165) is 36.1 Å². The van der Waals surface area contributed by atoms with Gasteiger partial charge in [-0.25, -0.2) is 8.42 Å². The molecule has 8 nitrogen and oxygen atoms in total. The van der Waals surface area contributed by atoms with Gasteiger partial charge < -0.3 is 9.84 Å². The molecule has 9 heteroatoms. The Morgan fingerprint density at radius 3 is 2.52 bits per heavy atom. The minimum Gasteiger partial charge on any atom is -0.339 e. The minimum absolute atomic E-state index is 0.129. The summed E-state index contributed by atoms with van der Waals surface area (Å²) in [6, 6.07) is 12.3. The van der Waals surface area contributed by atoms with E-state index in [0.29, 0.717) is 36.8 Å². The summed E-state index contributed by atoms with van der Waals surface area (Å²) in [6.07, 6.45) is 3.38. The quantitative estimate of drug-likeness (QED) is 0.560. The first-order valence-electron chi connectivity index (χ1n) is 11.1. The summed E-state index contributed by atoms with van der Waals surface area (Å²) in [5, 5.41) is 6.90. The monoisotopic (exact) mass is 468 g/mol. The van der Waals surface area contributed by atoms with Crippen LogP contribution in [-0.2, 0) is 21.2 Å². The van der Waals surface area contributed by atoms with Gasteiger partial charge in [-0.1, -0.05) is 23.7 Å². The summed E-state index contributed by atoms with van der Waals surface area (Å²) < 4.78 is 32.4. The largest absolute Gasteiger partial charge is 0.339 e. The maximum Gasteiger partial charge on any atom is 0.243 e. The van der Waals surface area contributed by atoms with E-state index in [4.69, 9.17) is 4.52 Å². The van der Waals surface area contributed by atoms with E-state index in [1.807, 2.05) is 32.0 Å². The summed E-state index contributed by atoms with van der Waals surface area (Å²) >= 11 is 0. The highest BCUT2D eigenvalue weighted by Gasteiger charge is 2.26. The zero-order valence-electron chi connectivity index (χ0n) is 18.9. The molecule has 174 valence electrons. The van der Waals surface area contributed by atoms with Crippen LogP contribution in [0.4, 0.5) is 5.69 Å². The number of hydrogen-bond acceptors (Lipinski definition) is 6. The highest BCUT2D eigenvalue weighted by Crippen LogP contribution is 2.24. The minimum atomic E-state index is -3.48. The first kappa shape index (κ1) is 23.1. The van der Waals surface area contributed by atoms with Gasteiger partial charge in [0.05, 0.1) is 4.90 Å². The Hall–Kier alpha value is -3.04. The lowest BCUT2D eigenvalue weighted by atomic mass is 10.1. The van der Waals surface area contributed by atoms with Crippen molar-refractivity contribution in [2.45, 2.75) is 50.8 Å². The van der Waals surface area contributed by atoms with Crippen LogP contribution >= 0.6 is 0 Å². The Morgan fingerprint density at radius 2 is 1.79 bits per heavy atom. The lowest BCUT2D eigenvalue weighted by Gasteiger charge is -2.25. The van der Waals surface area contributed by atoms with Crippen molar-refractivity contribution >= 4 is 21.6 Å². The summed E-state index contributed by atoms with van der Waals surface area (Å²) in [5.74, 6) is 0.587. The van der Waals surface area contributed by atoms with Crippen molar-refractivity contribution in [2.75, 3.05) is 18.4 Å². The standard InChI is InChI=1S/C24H28N4O4S/c1-17-7-6-8-21(18(17)2)25-22(29)13-14-23-26-24(27-32-23)19-9-11-20(12-10-19)33(30,31)28-15-4-3-5-16-28/h6-12H,3-5,13-16H2,1-2H3,(H,25,29). The Kier molecular flexibility index (Phi) is 6.90. The molecule has 0 atom stereocenters. The molecule has 2 heterocycles. The summed E-state index contributed by atoms with van der Waals surface area (Å²) in [5.41, 5.74) is 3.61. The van der Waals surface area contributed by atoms with E-state index in [1.54, 1.807) is 28.6 Å². The van der Waals surface area contributed by atoms with Gasteiger partial charge in [0.15, 0.2) is 0 Å². The molecule has 1 amide bonds. The van der Waals surface area contributed by atoms with E-state index in [-0.39, 0.29) is 17.2 Å². The van der Waals surface area contributed by atoms with Gasteiger partial charge in [0.25, 0.3) is 0 Å². The van der Waals surface area contributed by atoms with Gasteiger partial charge in [-0.05, 0) is 68.1 Å². The van der Waals surface area contributed by atoms with Gasteiger partial charge in [-0.3, -0.25) is 4.79 Å². The van der Waals surface area contributed by atoms with Gasteiger partial charge in [0.2, 0.25) is 27.6 Å². The molecule has 0 spiro atoms. The van der Waals surface area contributed by atoms with Crippen molar-refractivity contribution in [3.8, 4) is 11.4 Å². The topological polar surface area (TPSA) is 105 Å². The third kappa shape index (κ3) is 5.31. The van der Waals surface area contributed by atoms with Crippen molar-refractivity contribution in [1.82, 2.24) is 14.4 Å². The van der Waals surface area contributed by atoms with Gasteiger partial charge in [0, 0.05) is 37.2 Å². The predicted octanol–water partition coefficient (Wildman–Crippen LogP) is 4.10. The van der Waals surface area contributed by atoms with E-state index in [2.05, 4.69) is 15.5 Å². The van der Waals surface area contributed by atoms with Gasteiger partial charge in [-0.15, -0.1) is 0 Å². The van der Waals surface area contributed by atoms with Crippen LogP contribution in [0.5, 0.6) is 0 Å². The number of carbonyl (C=O) groups excluding carboxylic acids is 1. The Labute approximate surface area is 194 Å². The molecule has 1 aliphatic rings. The highest BCUT2D eigenvalue weighted by molar-refractivity contribution is 7.89. The number of nitrogens with zero attached hydrogens (tertiary/aromatic N) is 3. The average molecular weight is 469 g/mol. The second-order valence-electron chi connectivity index (χ2n) is 8.30. The molecule has 1 aromatic heterocycles. The fourth-order valence-corrected chi connectivity index (χ4v) is 5.34. The molecule has 0 bridgehead atoms.